The molecule has 11 nitrogen and oxygen atoms in total. The van der Waals surface area contributed by atoms with Crippen LogP contribution in [0.5, 0.6) is 11.6 Å². The molecule has 220 valence electrons. The second-order valence-corrected chi connectivity index (χ2v) is 10.8. The molecule has 0 aliphatic heterocycles. The van der Waals surface area contributed by atoms with Crippen LogP contribution in [0, 0.1) is 6.92 Å². The molecule has 0 saturated carbocycles. The highest BCUT2D eigenvalue weighted by Crippen LogP contribution is 2.26. The normalized spacial score (nSPS) is 11.0. The van der Waals surface area contributed by atoms with Gasteiger partial charge in [-0.15, -0.1) is 0 Å². The number of carbonyl (C=O) groups excluding carboxylic acids is 2. The van der Waals surface area contributed by atoms with Crippen molar-refractivity contribution in [2.75, 3.05) is 17.6 Å². The minimum Gasteiger partial charge on any atom is -0.444 e. The average Bonchev–Trinajstić information content (AvgIpc) is 2.91. The molecule has 0 unspecified atom stereocenters. The molecule has 0 bridgehead atoms. The molecular formula is C30H40N6O5. The van der Waals surface area contributed by atoms with Crippen LogP contribution in [0.4, 0.5) is 22.1 Å². The molecule has 0 radical (unpaired) electrons. The summed E-state index contributed by atoms with van der Waals surface area (Å²) in [6.45, 7) is 8.31. The van der Waals surface area contributed by atoms with Crippen LogP contribution in [0.25, 0.3) is 0 Å². The van der Waals surface area contributed by atoms with Gasteiger partial charge in [-0.3, -0.25) is 10.0 Å². The van der Waals surface area contributed by atoms with E-state index in [1.165, 1.54) is 0 Å². The van der Waals surface area contributed by atoms with Crippen LogP contribution >= 0.6 is 0 Å². The standard InChI is InChI=1S/C30H40N6O5/c1-21-19-32-28(34-27(21)40-25-11-9-10-23(31)18-25)33-24-15-13-22(14-16-24)20-36(29(38)41-30(2,3)4)17-8-6-5-7-12-26(37)35-39/h9-11,13-16,18-19,39H,5-8,12,17,20,31H2,1-4H3,(H,35,37)(H,32,33,34). The Morgan fingerprint density at radius 3 is 2.46 bits per heavy atom. The lowest BCUT2D eigenvalue weighted by Crippen LogP contribution is -2.37. The fourth-order valence-electron chi connectivity index (χ4n) is 3.88. The Balaban J connectivity index is 1.61. The first-order chi connectivity index (χ1) is 19.5. The Morgan fingerprint density at radius 1 is 1.05 bits per heavy atom. The van der Waals surface area contributed by atoms with E-state index in [-0.39, 0.29) is 18.4 Å². The Labute approximate surface area is 241 Å². The van der Waals surface area contributed by atoms with E-state index in [0.717, 1.165) is 36.1 Å². The van der Waals surface area contributed by atoms with Gasteiger partial charge in [0.05, 0.1) is 0 Å². The third kappa shape index (κ3) is 11.0. The van der Waals surface area contributed by atoms with Crippen molar-refractivity contribution in [2.24, 2.45) is 0 Å². The molecule has 0 fully saturated rings. The van der Waals surface area contributed by atoms with Crippen LogP contribution in [0.15, 0.2) is 54.7 Å². The lowest BCUT2D eigenvalue weighted by atomic mass is 10.1. The zero-order chi connectivity index (χ0) is 29.8. The van der Waals surface area contributed by atoms with E-state index in [9.17, 15) is 9.59 Å². The molecule has 0 saturated heterocycles. The predicted molar refractivity (Wildman–Crippen MR) is 157 cm³/mol. The zero-order valence-electron chi connectivity index (χ0n) is 24.1. The number of nitrogens with zero attached hydrogens (tertiary/aromatic N) is 3. The summed E-state index contributed by atoms with van der Waals surface area (Å²) in [6, 6.07) is 14.8. The molecule has 2 amide bonds. The number of nitrogens with one attached hydrogen (secondary N) is 2. The van der Waals surface area contributed by atoms with Gasteiger partial charge in [-0.05, 0) is 70.4 Å². The number of unbranched alkanes of at least 4 members (excludes halogenated alkanes) is 3. The van der Waals surface area contributed by atoms with Crippen LogP contribution in [-0.2, 0) is 16.1 Å². The molecule has 1 aromatic heterocycles. The monoisotopic (exact) mass is 564 g/mol. The highest BCUT2D eigenvalue weighted by atomic mass is 16.6. The first kappa shape index (κ1) is 31.2. The highest BCUT2D eigenvalue weighted by Gasteiger charge is 2.22. The Bertz CT molecular complexity index is 1290. The van der Waals surface area contributed by atoms with E-state index in [4.69, 9.17) is 20.4 Å². The molecule has 1 heterocycles. The molecule has 41 heavy (non-hydrogen) atoms. The Morgan fingerprint density at radius 2 is 1.78 bits per heavy atom. The molecule has 5 N–H and O–H groups in total. The summed E-state index contributed by atoms with van der Waals surface area (Å²) in [4.78, 5) is 34.6. The van der Waals surface area contributed by atoms with Gasteiger partial charge < -0.3 is 25.4 Å². The molecular weight excluding hydrogens is 524 g/mol. The van der Waals surface area contributed by atoms with Gasteiger partial charge in [-0.25, -0.2) is 15.3 Å². The van der Waals surface area contributed by atoms with Crippen molar-refractivity contribution < 1.29 is 24.3 Å². The number of ether oxygens (including phenoxy) is 2. The first-order valence-electron chi connectivity index (χ1n) is 13.7. The number of nitrogen functional groups attached to an aromatic ring is 1. The summed E-state index contributed by atoms with van der Waals surface area (Å²) in [6.07, 6.45) is 4.70. The number of aromatic nitrogens is 2. The van der Waals surface area contributed by atoms with E-state index < -0.39 is 5.60 Å². The van der Waals surface area contributed by atoms with Gasteiger partial charge in [0.1, 0.15) is 11.4 Å². The number of aryl methyl sites for hydroxylation is 1. The van der Waals surface area contributed by atoms with E-state index in [0.29, 0.717) is 42.8 Å². The maximum Gasteiger partial charge on any atom is 0.410 e. The molecule has 11 heteroatoms. The lowest BCUT2D eigenvalue weighted by Gasteiger charge is -2.27. The fourth-order valence-corrected chi connectivity index (χ4v) is 3.88. The second-order valence-electron chi connectivity index (χ2n) is 10.8. The van der Waals surface area contributed by atoms with Gasteiger partial charge in [0.25, 0.3) is 0 Å². The average molecular weight is 565 g/mol. The number of benzene rings is 2. The lowest BCUT2D eigenvalue weighted by molar-refractivity contribution is -0.129. The maximum absolute atomic E-state index is 12.9. The summed E-state index contributed by atoms with van der Waals surface area (Å²) < 4.78 is 11.5. The number of hydrogen-bond acceptors (Lipinski definition) is 9. The van der Waals surface area contributed by atoms with Crippen molar-refractivity contribution in [3.63, 3.8) is 0 Å². The molecule has 3 aromatic rings. The Kier molecular flexibility index (Phi) is 11.3. The number of carbonyl (C=O) groups is 2. The molecule has 0 aliphatic rings. The fraction of sp³-hybridized carbons (Fsp3) is 0.400. The quantitative estimate of drug-likeness (QED) is 0.0835. The number of amides is 2. The molecule has 2 aromatic carbocycles. The van der Waals surface area contributed by atoms with E-state index >= 15 is 0 Å². The SMILES string of the molecule is Cc1cnc(Nc2ccc(CN(CCCCCCC(=O)NO)C(=O)OC(C)(C)C)cc2)nc1Oc1cccc(N)c1. The minimum atomic E-state index is -0.607. The van der Waals surface area contributed by atoms with Crippen LogP contribution in [-0.4, -0.2) is 44.2 Å². The highest BCUT2D eigenvalue weighted by molar-refractivity contribution is 5.74. The van der Waals surface area contributed by atoms with Crippen LogP contribution in [0.3, 0.4) is 0 Å². The van der Waals surface area contributed by atoms with Crippen molar-refractivity contribution in [2.45, 2.75) is 71.9 Å². The van der Waals surface area contributed by atoms with Crippen molar-refractivity contribution in [3.05, 3.63) is 65.9 Å². The van der Waals surface area contributed by atoms with Gasteiger partial charge in [-0.1, -0.05) is 31.0 Å². The third-order valence-corrected chi connectivity index (χ3v) is 5.94. The third-order valence-electron chi connectivity index (χ3n) is 5.94. The summed E-state index contributed by atoms with van der Waals surface area (Å²) in [5, 5.41) is 11.8. The van der Waals surface area contributed by atoms with Crippen LogP contribution in [0.2, 0.25) is 0 Å². The number of nitrogens with two attached hydrogens (primary N) is 1. The minimum absolute atomic E-state index is 0.275. The smallest absolute Gasteiger partial charge is 0.410 e. The van der Waals surface area contributed by atoms with Gasteiger partial charge in [0.2, 0.25) is 17.7 Å². The number of rotatable bonds is 13. The van der Waals surface area contributed by atoms with Gasteiger partial charge in [-0.2, -0.15) is 4.98 Å². The number of hydrogen-bond donors (Lipinski definition) is 4. The van der Waals surface area contributed by atoms with Crippen molar-refractivity contribution in [1.29, 1.82) is 0 Å². The predicted octanol–water partition coefficient (Wildman–Crippen LogP) is 6.10. The second kappa shape index (κ2) is 14.8. The topological polar surface area (TPSA) is 152 Å². The summed E-state index contributed by atoms with van der Waals surface area (Å²) in [7, 11) is 0. The molecule has 3 rings (SSSR count). The molecule has 0 aliphatic carbocycles. The molecule has 0 spiro atoms. The van der Waals surface area contributed by atoms with Crippen LogP contribution in [0.1, 0.15) is 64.0 Å². The van der Waals surface area contributed by atoms with Crippen molar-refractivity contribution >= 4 is 29.3 Å². The maximum atomic E-state index is 12.9. The van der Waals surface area contributed by atoms with E-state index in [1.54, 1.807) is 28.7 Å². The summed E-state index contributed by atoms with van der Waals surface area (Å²) in [5.74, 6) is 1.01. The first-order valence-corrected chi connectivity index (χ1v) is 13.7. The summed E-state index contributed by atoms with van der Waals surface area (Å²) in [5.41, 5.74) is 9.99. The van der Waals surface area contributed by atoms with E-state index in [2.05, 4.69) is 15.3 Å². The van der Waals surface area contributed by atoms with Crippen LogP contribution < -0.4 is 21.3 Å². The van der Waals surface area contributed by atoms with E-state index in [1.807, 2.05) is 64.1 Å². The van der Waals surface area contributed by atoms with Gasteiger partial charge in [0.15, 0.2) is 0 Å². The van der Waals surface area contributed by atoms with Gasteiger partial charge in [0, 0.05) is 48.7 Å². The number of hydroxylamine groups is 1. The Hall–Kier alpha value is -4.38. The largest absolute Gasteiger partial charge is 0.444 e. The molecule has 0 atom stereocenters. The summed E-state index contributed by atoms with van der Waals surface area (Å²) >= 11 is 0. The van der Waals surface area contributed by atoms with Gasteiger partial charge >= 0.3 is 6.09 Å². The number of anilines is 3. The zero-order valence-corrected chi connectivity index (χ0v) is 24.1. The van der Waals surface area contributed by atoms with Crippen molar-refractivity contribution in [3.8, 4) is 11.6 Å². The van der Waals surface area contributed by atoms with Crippen molar-refractivity contribution in [1.82, 2.24) is 20.3 Å².